The highest BCUT2D eigenvalue weighted by molar-refractivity contribution is 5.12. The number of aryl methyl sites for hydroxylation is 1. The van der Waals surface area contributed by atoms with E-state index in [2.05, 4.69) is 29.1 Å². The van der Waals surface area contributed by atoms with Crippen LogP contribution in [0.25, 0.3) is 0 Å². The Labute approximate surface area is 103 Å². The van der Waals surface area contributed by atoms with Crippen molar-refractivity contribution in [1.82, 2.24) is 15.3 Å². The van der Waals surface area contributed by atoms with Crippen molar-refractivity contribution in [3.8, 4) is 0 Å². The summed E-state index contributed by atoms with van der Waals surface area (Å²) in [6, 6.07) is 0.772. The zero-order valence-corrected chi connectivity index (χ0v) is 10.8. The van der Waals surface area contributed by atoms with Crippen molar-refractivity contribution in [1.29, 1.82) is 0 Å². The van der Waals surface area contributed by atoms with Gasteiger partial charge in [0.15, 0.2) is 0 Å². The summed E-state index contributed by atoms with van der Waals surface area (Å²) >= 11 is 0. The predicted octanol–water partition coefficient (Wildman–Crippen LogP) is 2.00. The van der Waals surface area contributed by atoms with E-state index in [9.17, 15) is 0 Å². The minimum absolute atomic E-state index is 0.249. The number of rotatable bonds is 3. The van der Waals surface area contributed by atoms with Gasteiger partial charge in [0.2, 0.25) is 0 Å². The van der Waals surface area contributed by atoms with E-state index in [4.69, 9.17) is 4.74 Å². The maximum absolute atomic E-state index is 5.55. The summed E-state index contributed by atoms with van der Waals surface area (Å²) in [6.45, 7) is 7.14. The SMILES string of the molecule is Cc1nccnc1C(C)NC1CCOC(C)C1. The highest BCUT2D eigenvalue weighted by atomic mass is 16.5. The first-order valence-electron chi connectivity index (χ1n) is 6.32. The van der Waals surface area contributed by atoms with Gasteiger partial charge in [0, 0.05) is 31.1 Å². The fourth-order valence-electron chi connectivity index (χ4n) is 2.43. The predicted molar refractivity (Wildman–Crippen MR) is 66.8 cm³/mol. The van der Waals surface area contributed by atoms with Gasteiger partial charge in [-0.3, -0.25) is 9.97 Å². The molecule has 2 rings (SSSR count). The number of ether oxygens (including phenoxy) is 1. The maximum Gasteiger partial charge on any atom is 0.0782 e. The third-order valence-electron chi connectivity index (χ3n) is 3.30. The summed E-state index contributed by atoms with van der Waals surface area (Å²) in [5, 5.41) is 3.62. The fraction of sp³-hybridized carbons (Fsp3) is 0.692. The molecule has 2 heterocycles. The Hall–Kier alpha value is -1.00. The fourth-order valence-corrected chi connectivity index (χ4v) is 2.43. The van der Waals surface area contributed by atoms with Gasteiger partial charge in [-0.15, -0.1) is 0 Å². The summed E-state index contributed by atoms with van der Waals surface area (Å²) in [6.07, 6.45) is 6.00. The molecule has 1 aliphatic heterocycles. The maximum atomic E-state index is 5.55. The van der Waals surface area contributed by atoms with Gasteiger partial charge < -0.3 is 10.1 Å². The van der Waals surface area contributed by atoms with Crippen LogP contribution in [0.5, 0.6) is 0 Å². The zero-order chi connectivity index (χ0) is 12.3. The van der Waals surface area contributed by atoms with Gasteiger partial charge in [-0.1, -0.05) is 0 Å². The molecule has 1 aromatic heterocycles. The zero-order valence-electron chi connectivity index (χ0n) is 10.8. The second-order valence-electron chi connectivity index (χ2n) is 4.82. The lowest BCUT2D eigenvalue weighted by Gasteiger charge is -2.30. The van der Waals surface area contributed by atoms with Crippen molar-refractivity contribution >= 4 is 0 Å². The van der Waals surface area contributed by atoms with Crippen molar-refractivity contribution in [3.63, 3.8) is 0 Å². The molecule has 17 heavy (non-hydrogen) atoms. The monoisotopic (exact) mass is 235 g/mol. The topological polar surface area (TPSA) is 47.0 Å². The number of hydrogen-bond acceptors (Lipinski definition) is 4. The molecule has 3 unspecified atom stereocenters. The van der Waals surface area contributed by atoms with Gasteiger partial charge in [-0.2, -0.15) is 0 Å². The molecule has 0 aromatic carbocycles. The number of nitrogens with one attached hydrogen (secondary N) is 1. The van der Waals surface area contributed by atoms with E-state index in [-0.39, 0.29) is 6.04 Å². The van der Waals surface area contributed by atoms with Crippen LogP contribution < -0.4 is 5.32 Å². The standard InChI is InChI=1S/C13H21N3O/c1-9-8-12(4-7-17-9)16-11(3)13-10(2)14-5-6-15-13/h5-6,9,11-12,16H,4,7-8H2,1-3H3. The molecule has 0 saturated carbocycles. The molecule has 4 heteroatoms. The summed E-state index contributed by atoms with van der Waals surface area (Å²) in [4.78, 5) is 8.69. The highest BCUT2D eigenvalue weighted by Crippen LogP contribution is 2.18. The van der Waals surface area contributed by atoms with Crippen molar-refractivity contribution in [2.24, 2.45) is 0 Å². The smallest absolute Gasteiger partial charge is 0.0782 e. The van der Waals surface area contributed by atoms with Crippen molar-refractivity contribution < 1.29 is 4.74 Å². The largest absolute Gasteiger partial charge is 0.378 e. The lowest BCUT2D eigenvalue weighted by molar-refractivity contribution is 0.0115. The molecule has 0 aliphatic carbocycles. The Bertz CT molecular complexity index is 369. The molecule has 1 saturated heterocycles. The first kappa shape index (κ1) is 12.5. The number of hydrogen-bond donors (Lipinski definition) is 1. The van der Waals surface area contributed by atoms with Gasteiger partial charge in [-0.05, 0) is 33.6 Å². The molecule has 1 aromatic rings. The molecule has 1 N–H and O–H groups in total. The van der Waals surface area contributed by atoms with Crippen molar-refractivity contribution in [3.05, 3.63) is 23.8 Å². The van der Waals surface area contributed by atoms with Crippen LogP contribution in [0.4, 0.5) is 0 Å². The molecule has 0 spiro atoms. The average molecular weight is 235 g/mol. The van der Waals surface area contributed by atoms with E-state index in [1.165, 1.54) is 0 Å². The molecule has 4 nitrogen and oxygen atoms in total. The Morgan fingerprint density at radius 3 is 2.88 bits per heavy atom. The van der Waals surface area contributed by atoms with Gasteiger partial charge in [0.25, 0.3) is 0 Å². The Morgan fingerprint density at radius 2 is 2.18 bits per heavy atom. The minimum Gasteiger partial charge on any atom is -0.378 e. The van der Waals surface area contributed by atoms with E-state index in [1.807, 2.05) is 6.92 Å². The molecule has 0 bridgehead atoms. The molecule has 0 amide bonds. The summed E-state index contributed by atoms with van der Waals surface area (Å²) in [5.41, 5.74) is 2.05. The molecule has 0 radical (unpaired) electrons. The van der Waals surface area contributed by atoms with Crippen molar-refractivity contribution in [2.75, 3.05) is 6.61 Å². The molecule has 1 aliphatic rings. The third kappa shape index (κ3) is 3.23. The van der Waals surface area contributed by atoms with Crippen LogP contribution in [-0.4, -0.2) is 28.7 Å². The third-order valence-corrected chi connectivity index (χ3v) is 3.30. The highest BCUT2D eigenvalue weighted by Gasteiger charge is 2.22. The van der Waals surface area contributed by atoms with Crippen LogP contribution in [0.15, 0.2) is 12.4 Å². The van der Waals surface area contributed by atoms with Crippen LogP contribution in [0.2, 0.25) is 0 Å². The first-order valence-corrected chi connectivity index (χ1v) is 6.32. The van der Waals surface area contributed by atoms with E-state index in [0.29, 0.717) is 12.1 Å². The molecule has 3 atom stereocenters. The van der Waals surface area contributed by atoms with Gasteiger partial charge in [0.05, 0.1) is 17.5 Å². The molecular weight excluding hydrogens is 214 g/mol. The minimum atomic E-state index is 0.249. The molecule has 94 valence electrons. The number of nitrogens with zero attached hydrogens (tertiary/aromatic N) is 2. The lowest BCUT2D eigenvalue weighted by atomic mass is 10.0. The van der Waals surface area contributed by atoms with Crippen LogP contribution in [0.1, 0.15) is 44.1 Å². The summed E-state index contributed by atoms with van der Waals surface area (Å²) < 4.78 is 5.55. The first-order chi connectivity index (χ1) is 8.16. The van der Waals surface area contributed by atoms with Gasteiger partial charge in [-0.25, -0.2) is 0 Å². The summed E-state index contributed by atoms with van der Waals surface area (Å²) in [5.74, 6) is 0. The van der Waals surface area contributed by atoms with Crippen LogP contribution in [0.3, 0.4) is 0 Å². The Balaban J connectivity index is 1.97. The van der Waals surface area contributed by atoms with E-state index in [0.717, 1.165) is 30.8 Å². The molecular formula is C13H21N3O. The van der Waals surface area contributed by atoms with Crippen LogP contribution in [0, 0.1) is 6.92 Å². The van der Waals surface area contributed by atoms with E-state index in [1.54, 1.807) is 12.4 Å². The quantitative estimate of drug-likeness (QED) is 0.870. The normalized spacial score (nSPS) is 26.8. The van der Waals surface area contributed by atoms with Crippen LogP contribution >= 0.6 is 0 Å². The van der Waals surface area contributed by atoms with E-state index >= 15 is 0 Å². The Morgan fingerprint density at radius 1 is 1.41 bits per heavy atom. The number of aromatic nitrogens is 2. The second-order valence-corrected chi connectivity index (χ2v) is 4.82. The van der Waals surface area contributed by atoms with Gasteiger partial charge in [0.1, 0.15) is 0 Å². The van der Waals surface area contributed by atoms with Gasteiger partial charge >= 0.3 is 0 Å². The second kappa shape index (κ2) is 5.56. The Kier molecular flexibility index (Phi) is 4.07. The summed E-state index contributed by atoms with van der Waals surface area (Å²) in [7, 11) is 0. The lowest BCUT2D eigenvalue weighted by Crippen LogP contribution is -2.39. The van der Waals surface area contributed by atoms with Crippen molar-refractivity contribution in [2.45, 2.75) is 51.8 Å². The van der Waals surface area contributed by atoms with Crippen LogP contribution in [-0.2, 0) is 4.74 Å². The van der Waals surface area contributed by atoms with E-state index < -0.39 is 0 Å². The average Bonchev–Trinajstić information content (AvgIpc) is 2.29. The molecule has 1 fully saturated rings.